The van der Waals surface area contributed by atoms with Crippen LogP contribution in [0, 0.1) is 0 Å². The number of unbranched alkanes of at least 4 members (excludes halogenated alkanes) is 8. The number of rotatable bonds is 14. The number of hydroxylamine groups is 1. The van der Waals surface area contributed by atoms with Crippen LogP contribution in [0.1, 0.15) is 78.1 Å². The Morgan fingerprint density at radius 3 is 1.91 bits per heavy atom. The van der Waals surface area contributed by atoms with Gasteiger partial charge >= 0.3 is 10.4 Å². The zero-order valence-electron chi connectivity index (χ0n) is 13.5. The molecule has 8 heteroatoms. The first kappa shape index (κ1) is 24.3. The smallest absolute Gasteiger partial charge is 0.273 e. The van der Waals surface area contributed by atoms with E-state index < -0.39 is 16.3 Å². The molecule has 0 aliphatic heterocycles. The fourth-order valence-corrected chi connectivity index (χ4v) is 2.44. The van der Waals surface area contributed by atoms with Gasteiger partial charge in [-0.1, -0.05) is 58.3 Å². The molecule has 0 spiro atoms. The SMILES string of the molecule is CCCCCCCCCCCC(=O)NOS(=O)(=O)OCC.[Ag]. The van der Waals surface area contributed by atoms with E-state index in [2.05, 4.69) is 15.4 Å². The minimum atomic E-state index is -4.11. The molecule has 0 saturated carbocycles. The summed E-state index contributed by atoms with van der Waals surface area (Å²) in [4.78, 5) is 11.3. The number of hydrogen-bond acceptors (Lipinski definition) is 5. The van der Waals surface area contributed by atoms with E-state index in [1.54, 1.807) is 0 Å². The molecule has 0 atom stereocenters. The molecule has 6 nitrogen and oxygen atoms in total. The standard InChI is InChI=1S/C14H29NO5S.Ag/c1-3-5-6-7-8-9-10-11-12-13-14(16)15-20-21(17,18)19-4-2;/h3-13H2,1-2H3,(H,15,16);. The summed E-state index contributed by atoms with van der Waals surface area (Å²) < 4.78 is 30.5. The number of carbonyl (C=O) groups is 1. The molecule has 0 aliphatic rings. The van der Waals surface area contributed by atoms with E-state index in [1.807, 2.05) is 5.48 Å². The van der Waals surface area contributed by atoms with Gasteiger partial charge in [-0.3, -0.25) is 4.79 Å². The molecule has 1 N–H and O–H groups in total. The first-order chi connectivity index (χ1) is 10.0. The van der Waals surface area contributed by atoms with E-state index in [1.165, 1.54) is 45.4 Å². The largest absolute Gasteiger partial charge is 0.420 e. The van der Waals surface area contributed by atoms with Crippen LogP contribution in [0.3, 0.4) is 0 Å². The Hall–Kier alpha value is 0.0803. The molecule has 0 aliphatic carbocycles. The van der Waals surface area contributed by atoms with Gasteiger partial charge in [-0.05, 0) is 13.3 Å². The van der Waals surface area contributed by atoms with Crippen molar-refractivity contribution in [1.29, 1.82) is 0 Å². The van der Waals surface area contributed by atoms with E-state index in [0.717, 1.165) is 19.3 Å². The van der Waals surface area contributed by atoms with E-state index >= 15 is 0 Å². The minimum absolute atomic E-state index is 0. The van der Waals surface area contributed by atoms with Gasteiger partial charge in [-0.25, -0.2) is 9.66 Å². The van der Waals surface area contributed by atoms with Crippen molar-refractivity contribution in [3.8, 4) is 0 Å². The molecule has 0 fully saturated rings. The van der Waals surface area contributed by atoms with Crippen molar-refractivity contribution < 1.29 is 44.1 Å². The van der Waals surface area contributed by atoms with Crippen LogP contribution in [0.15, 0.2) is 0 Å². The molecule has 22 heavy (non-hydrogen) atoms. The molecule has 0 heterocycles. The minimum Gasteiger partial charge on any atom is -0.273 e. The predicted molar refractivity (Wildman–Crippen MR) is 81.6 cm³/mol. The second-order valence-corrected chi connectivity index (χ2v) is 6.22. The van der Waals surface area contributed by atoms with E-state index in [0.29, 0.717) is 0 Å². The van der Waals surface area contributed by atoms with Crippen molar-refractivity contribution >= 4 is 16.3 Å². The third-order valence-electron chi connectivity index (χ3n) is 3.03. The third-order valence-corrected chi connectivity index (χ3v) is 3.84. The van der Waals surface area contributed by atoms with Crippen LogP contribution < -0.4 is 5.48 Å². The van der Waals surface area contributed by atoms with Gasteiger partial charge in [0.05, 0.1) is 6.61 Å². The molecule has 0 aromatic carbocycles. The molecule has 0 bridgehead atoms. The molecule has 0 saturated heterocycles. The molecule has 1 amide bonds. The van der Waals surface area contributed by atoms with Crippen molar-refractivity contribution in [2.45, 2.75) is 78.1 Å². The number of hydrogen-bond donors (Lipinski definition) is 1. The number of amides is 1. The van der Waals surface area contributed by atoms with Crippen molar-refractivity contribution in [3.63, 3.8) is 0 Å². The zero-order chi connectivity index (χ0) is 16.0. The fourth-order valence-electron chi connectivity index (χ4n) is 1.91. The van der Waals surface area contributed by atoms with Gasteiger partial charge < -0.3 is 0 Å². The summed E-state index contributed by atoms with van der Waals surface area (Å²) in [5.41, 5.74) is 1.88. The van der Waals surface area contributed by atoms with E-state index in [9.17, 15) is 13.2 Å². The average molecular weight is 431 g/mol. The van der Waals surface area contributed by atoms with Gasteiger partial charge in [-0.2, -0.15) is 8.42 Å². The summed E-state index contributed by atoms with van der Waals surface area (Å²) >= 11 is 0. The molecule has 0 aromatic heterocycles. The normalized spacial score (nSPS) is 11.0. The fraction of sp³-hybridized carbons (Fsp3) is 0.929. The summed E-state index contributed by atoms with van der Waals surface area (Å²) in [6.07, 6.45) is 10.7. The Balaban J connectivity index is 0. The summed E-state index contributed by atoms with van der Waals surface area (Å²) in [6, 6.07) is 0. The van der Waals surface area contributed by atoms with Crippen molar-refractivity contribution in [2.75, 3.05) is 6.61 Å². The summed E-state index contributed by atoms with van der Waals surface area (Å²) in [7, 11) is -4.11. The number of carbonyl (C=O) groups excluding carboxylic acids is 1. The van der Waals surface area contributed by atoms with Gasteiger partial charge in [0.25, 0.3) is 0 Å². The molecular weight excluding hydrogens is 402 g/mol. The summed E-state index contributed by atoms with van der Waals surface area (Å²) in [5.74, 6) is -0.443. The van der Waals surface area contributed by atoms with E-state index in [-0.39, 0.29) is 35.4 Å². The maximum Gasteiger partial charge on any atom is 0.420 e. The van der Waals surface area contributed by atoms with Gasteiger partial charge in [0.2, 0.25) is 5.91 Å². The maximum absolute atomic E-state index is 11.3. The van der Waals surface area contributed by atoms with Crippen LogP contribution >= 0.6 is 0 Å². The van der Waals surface area contributed by atoms with Crippen LogP contribution in [0.5, 0.6) is 0 Å². The van der Waals surface area contributed by atoms with Crippen LogP contribution in [0.2, 0.25) is 0 Å². The first-order valence-corrected chi connectivity index (χ1v) is 9.21. The molecule has 1 radical (unpaired) electrons. The molecule has 0 rings (SSSR count). The second-order valence-electron chi connectivity index (χ2n) is 5.00. The maximum atomic E-state index is 11.3. The van der Waals surface area contributed by atoms with Crippen LogP contribution in [-0.2, 0) is 46.0 Å². The Bertz CT molecular complexity index is 362. The Morgan fingerprint density at radius 1 is 0.909 bits per heavy atom. The molecular formula is C14H29AgNO5S. The van der Waals surface area contributed by atoms with Gasteiger partial charge in [-0.15, -0.1) is 4.28 Å². The first-order valence-electron chi connectivity index (χ1n) is 7.88. The van der Waals surface area contributed by atoms with Crippen LogP contribution in [0.25, 0.3) is 0 Å². The van der Waals surface area contributed by atoms with Crippen molar-refractivity contribution in [2.24, 2.45) is 0 Å². The van der Waals surface area contributed by atoms with Gasteiger partial charge in [0, 0.05) is 28.8 Å². The summed E-state index contributed by atoms with van der Waals surface area (Å²) in [6.45, 7) is 3.69. The number of nitrogens with one attached hydrogen (secondary N) is 1. The quantitative estimate of drug-likeness (QED) is 0.260. The summed E-state index contributed by atoms with van der Waals surface area (Å²) in [5, 5.41) is 0. The van der Waals surface area contributed by atoms with Gasteiger partial charge in [0.15, 0.2) is 0 Å². The molecule has 137 valence electrons. The van der Waals surface area contributed by atoms with Crippen LogP contribution in [0.4, 0.5) is 0 Å². The van der Waals surface area contributed by atoms with Crippen molar-refractivity contribution in [3.05, 3.63) is 0 Å². The average Bonchev–Trinajstić information content (AvgIpc) is 2.43. The van der Waals surface area contributed by atoms with Gasteiger partial charge in [0.1, 0.15) is 0 Å². The Morgan fingerprint density at radius 2 is 1.41 bits per heavy atom. The molecule has 0 unspecified atom stereocenters. The Labute approximate surface area is 150 Å². The Kier molecular flexibility index (Phi) is 17.6. The third kappa shape index (κ3) is 16.5. The molecule has 0 aromatic rings. The van der Waals surface area contributed by atoms with Crippen molar-refractivity contribution in [1.82, 2.24) is 5.48 Å². The zero-order valence-corrected chi connectivity index (χ0v) is 15.8. The monoisotopic (exact) mass is 430 g/mol. The van der Waals surface area contributed by atoms with Crippen LogP contribution in [-0.4, -0.2) is 20.9 Å². The topological polar surface area (TPSA) is 81.7 Å². The predicted octanol–water partition coefficient (Wildman–Crippen LogP) is 3.23. The van der Waals surface area contributed by atoms with E-state index in [4.69, 9.17) is 0 Å². The second kappa shape index (κ2) is 16.0.